The van der Waals surface area contributed by atoms with Crippen molar-refractivity contribution in [2.45, 2.75) is 6.92 Å². The average Bonchev–Trinajstić information content (AvgIpc) is 2.47. The van der Waals surface area contributed by atoms with Crippen LogP contribution in [0.25, 0.3) is 0 Å². The Hall–Kier alpha value is -2.49. The molecule has 4 nitrogen and oxygen atoms in total. The average molecular weight is 270 g/mol. The zero-order chi connectivity index (χ0) is 14.5. The highest BCUT2D eigenvalue weighted by molar-refractivity contribution is 6.09. The number of para-hydroxylation sites is 1. The van der Waals surface area contributed by atoms with Gasteiger partial charge < -0.3 is 15.3 Å². The van der Waals surface area contributed by atoms with Crippen molar-refractivity contribution in [1.82, 2.24) is 0 Å². The summed E-state index contributed by atoms with van der Waals surface area (Å²) in [5.41, 5.74) is 2.08. The predicted molar refractivity (Wildman–Crippen MR) is 81.4 cm³/mol. The van der Waals surface area contributed by atoms with Crippen LogP contribution >= 0.6 is 0 Å². The summed E-state index contributed by atoms with van der Waals surface area (Å²) in [6.07, 6.45) is 0. The lowest BCUT2D eigenvalue weighted by atomic mass is 10.1. The van der Waals surface area contributed by atoms with Crippen LogP contribution in [0.3, 0.4) is 0 Å². The molecule has 0 atom stereocenters. The Morgan fingerprint density at radius 3 is 2.65 bits per heavy atom. The van der Waals surface area contributed by atoms with E-state index in [1.54, 1.807) is 37.4 Å². The van der Waals surface area contributed by atoms with E-state index >= 15 is 0 Å². The molecule has 0 aromatic heterocycles. The largest absolute Gasteiger partial charge is 0.508 e. The highest BCUT2D eigenvalue weighted by atomic mass is 16.3. The molecular weight excluding hydrogens is 252 g/mol. The summed E-state index contributed by atoms with van der Waals surface area (Å²) in [5.74, 6) is 0.0225. The van der Waals surface area contributed by atoms with Gasteiger partial charge in [0, 0.05) is 31.0 Å². The molecule has 0 aliphatic rings. The van der Waals surface area contributed by atoms with Gasteiger partial charge in [-0.05, 0) is 31.2 Å². The molecule has 104 valence electrons. The van der Waals surface area contributed by atoms with Crippen LogP contribution in [0.4, 0.5) is 11.4 Å². The summed E-state index contributed by atoms with van der Waals surface area (Å²) >= 11 is 0. The standard InChI is InChI=1S/C16H18N2O2/c1-3-17-15-10-5-4-9-14(15)16(20)18(2)12-7-6-8-13(19)11-12/h4-11,17,19H,3H2,1-2H3. The molecule has 0 aliphatic carbocycles. The van der Waals surface area contributed by atoms with E-state index in [0.29, 0.717) is 11.3 Å². The first kappa shape index (κ1) is 13.9. The Kier molecular flexibility index (Phi) is 4.25. The van der Waals surface area contributed by atoms with Gasteiger partial charge in [-0.25, -0.2) is 0 Å². The zero-order valence-electron chi connectivity index (χ0n) is 11.6. The number of benzene rings is 2. The molecule has 4 heteroatoms. The number of phenolic OH excluding ortho intramolecular Hbond substituents is 1. The Balaban J connectivity index is 2.31. The molecule has 0 aliphatic heterocycles. The van der Waals surface area contributed by atoms with Crippen molar-refractivity contribution in [1.29, 1.82) is 0 Å². The van der Waals surface area contributed by atoms with Gasteiger partial charge in [0.2, 0.25) is 0 Å². The second kappa shape index (κ2) is 6.10. The summed E-state index contributed by atoms with van der Waals surface area (Å²) < 4.78 is 0. The minimum atomic E-state index is -0.118. The monoisotopic (exact) mass is 270 g/mol. The van der Waals surface area contributed by atoms with Crippen LogP contribution in [-0.2, 0) is 0 Å². The fourth-order valence-corrected chi connectivity index (χ4v) is 2.01. The van der Waals surface area contributed by atoms with E-state index in [9.17, 15) is 9.90 Å². The molecule has 0 saturated heterocycles. The van der Waals surface area contributed by atoms with E-state index in [0.717, 1.165) is 12.2 Å². The molecule has 0 bridgehead atoms. The van der Waals surface area contributed by atoms with Gasteiger partial charge in [-0.1, -0.05) is 18.2 Å². The van der Waals surface area contributed by atoms with Crippen LogP contribution < -0.4 is 10.2 Å². The molecular formula is C16H18N2O2. The molecule has 2 rings (SSSR count). The van der Waals surface area contributed by atoms with Crippen molar-refractivity contribution in [3.05, 3.63) is 54.1 Å². The van der Waals surface area contributed by atoms with Gasteiger partial charge in [0.05, 0.1) is 5.56 Å². The second-order valence-corrected chi connectivity index (χ2v) is 4.46. The van der Waals surface area contributed by atoms with Crippen molar-refractivity contribution in [3.63, 3.8) is 0 Å². The zero-order valence-corrected chi connectivity index (χ0v) is 11.6. The molecule has 2 aromatic carbocycles. The Bertz CT molecular complexity index is 611. The molecule has 0 spiro atoms. The van der Waals surface area contributed by atoms with Crippen LogP contribution in [0.5, 0.6) is 5.75 Å². The van der Waals surface area contributed by atoms with Crippen molar-refractivity contribution in [2.24, 2.45) is 0 Å². The van der Waals surface area contributed by atoms with Gasteiger partial charge in [-0.3, -0.25) is 4.79 Å². The number of aromatic hydroxyl groups is 1. The molecule has 0 saturated carbocycles. The highest BCUT2D eigenvalue weighted by Gasteiger charge is 2.16. The quantitative estimate of drug-likeness (QED) is 0.897. The number of phenols is 1. The number of anilines is 2. The number of amides is 1. The maximum absolute atomic E-state index is 12.6. The molecule has 2 N–H and O–H groups in total. The summed E-state index contributed by atoms with van der Waals surface area (Å²) in [7, 11) is 1.69. The van der Waals surface area contributed by atoms with E-state index in [4.69, 9.17) is 0 Å². The first-order valence-corrected chi connectivity index (χ1v) is 6.53. The van der Waals surface area contributed by atoms with E-state index in [-0.39, 0.29) is 11.7 Å². The van der Waals surface area contributed by atoms with Gasteiger partial charge in [0.15, 0.2) is 0 Å². The number of rotatable bonds is 4. The molecule has 2 aromatic rings. The highest BCUT2D eigenvalue weighted by Crippen LogP contribution is 2.23. The predicted octanol–water partition coefficient (Wildman–Crippen LogP) is 3.10. The Labute approximate surface area is 118 Å². The normalized spacial score (nSPS) is 10.1. The lowest BCUT2D eigenvalue weighted by Crippen LogP contribution is -2.27. The van der Waals surface area contributed by atoms with E-state index < -0.39 is 0 Å². The summed E-state index contributed by atoms with van der Waals surface area (Å²) in [6.45, 7) is 2.74. The van der Waals surface area contributed by atoms with Gasteiger partial charge in [-0.15, -0.1) is 0 Å². The van der Waals surface area contributed by atoms with Crippen molar-refractivity contribution >= 4 is 17.3 Å². The van der Waals surface area contributed by atoms with Crippen molar-refractivity contribution in [3.8, 4) is 5.75 Å². The number of hydrogen-bond donors (Lipinski definition) is 2. The smallest absolute Gasteiger partial charge is 0.260 e. The third kappa shape index (κ3) is 2.91. The lowest BCUT2D eigenvalue weighted by molar-refractivity contribution is 0.0994. The topological polar surface area (TPSA) is 52.6 Å². The van der Waals surface area contributed by atoms with Gasteiger partial charge in [0.25, 0.3) is 5.91 Å². The molecule has 0 heterocycles. The van der Waals surface area contributed by atoms with Crippen LogP contribution in [0.2, 0.25) is 0 Å². The lowest BCUT2D eigenvalue weighted by Gasteiger charge is -2.19. The maximum atomic E-state index is 12.6. The van der Waals surface area contributed by atoms with E-state index in [2.05, 4.69) is 5.32 Å². The second-order valence-electron chi connectivity index (χ2n) is 4.46. The van der Waals surface area contributed by atoms with Gasteiger partial charge in [0.1, 0.15) is 5.75 Å². The Morgan fingerprint density at radius 2 is 1.95 bits per heavy atom. The SMILES string of the molecule is CCNc1ccccc1C(=O)N(C)c1cccc(O)c1. The van der Waals surface area contributed by atoms with Crippen molar-refractivity contribution < 1.29 is 9.90 Å². The van der Waals surface area contributed by atoms with Crippen LogP contribution in [0.1, 0.15) is 17.3 Å². The molecule has 0 fully saturated rings. The fraction of sp³-hybridized carbons (Fsp3) is 0.188. The number of nitrogens with one attached hydrogen (secondary N) is 1. The maximum Gasteiger partial charge on any atom is 0.260 e. The van der Waals surface area contributed by atoms with E-state index in [1.165, 1.54) is 4.90 Å². The third-order valence-electron chi connectivity index (χ3n) is 3.05. The summed E-state index contributed by atoms with van der Waals surface area (Å²) in [6, 6.07) is 14.0. The van der Waals surface area contributed by atoms with Crippen LogP contribution in [-0.4, -0.2) is 24.6 Å². The van der Waals surface area contributed by atoms with Gasteiger partial charge >= 0.3 is 0 Å². The third-order valence-corrected chi connectivity index (χ3v) is 3.05. The molecule has 0 unspecified atom stereocenters. The number of carbonyl (C=O) groups excluding carboxylic acids is 1. The number of hydrogen-bond acceptors (Lipinski definition) is 3. The number of carbonyl (C=O) groups is 1. The first-order chi connectivity index (χ1) is 9.63. The van der Waals surface area contributed by atoms with Crippen LogP contribution in [0, 0.1) is 0 Å². The minimum absolute atomic E-state index is 0.118. The molecule has 20 heavy (non-hydrogen) atoms. The number of nitrogens with zero attached hydrogens (tertiary/aromatic N) is 1. The summed E-state index contributed by atoms with van der Waals surface area (Å²) in [4.78, 5) is 14.1. The van der Waals surface area contributed by atoms with Gasteiger partial charge in [-0.2, -0.15) is 0 Å². The fourth-order valence-electron chi connectivity index (χ4n) is 2.01. The minimum Gasteiger partial charge on any atom is -0.508 e. The molecule has 0 radical (unpaired) electrons. The summed E-state index contributed by atoms with van der Waals surface area (Å²) in [5, 5.41) is 12.7. The van der Waals surface area contributed by atoms with E-state index in [1.807, 2.05) is 25.1 Å². The first-order valence-electron chi connectivity index (χ1n) is 6.53. The molecule has 1 amide bonds. The Morgan fingerprint density at radius 1 is 1.20 bits per heavy atom. The van der Waals surface area contributed by atoms with Crippen LogP contribution in [0.15, 0.2) is 48.5 Å². The van der Waals surface area contributed by atoms with Crippen molar-refractivity contribution in [2.75, 3.05) is 23.8 Å².